The summed E-state index contributed by atoms with van der Waals surface area (Å²) in [4.78, 5) is 29.5. The van der Waals surface area contributed by atoms with Crippen LogP contribution in [0.4, 0.5) is 26.3 Å². The molecule has 0 unspecified atom stereocenters. The topological polar surface area (TPSA) is 79.8 Å². The first-order valence-corrected chi connectivity index (χ1v) is 11.8. The van der Waals surface area contributed by atoms with E-state index in [1.165, 1.54) is 30.3 Å². The highest BCUT2D eigenvalue weighted by Gasteiger charge is 2.62. The summed E-state index contributed by atoms with van der Waals surface area (Å²) in [5.41, 5.74) is -2.15. The van der Waals surface area contributed by atoms with E-state index >= 15 is 0 Å². The lowest BCUT2D eigenvalue weighted by Gasteiger charge is -2.30. The molecule has 1 heterocycles. The molecule has 1 aliphatic rings. The minimum atomic E-state index is -4.85. The fourth-order valence-corrected chi connectivity index (χ4v) is 4.57. The Hall–Kier alpha value is -3.80. The van der Waals surface area contributed by atoms with E-state index in [-0.39, 0.29) is 27.4 Å². The van der Waals surface area contributed by atoms with E-state index in [0.717, 1.165) is 0 Å². The molecule has 1 atom stereocenters. The monoisotopic (exact) mass is 571 g/mol. The number of nitrogens with zero attached hydrogens (tertiary/aromatic N) is 1. The number of hydrogen-bond acceptors (Lipinski definition) is 4. The molecular formula is C26H20ClF6N3O3. The van der Waals surface area contributed by atoms with E-state index in [9.17, 15) is 35.9 Å². The number of aryl methyl sites for hydroxylation is 1. The normalized spacial score (nSPS) is 17.5. The molecule has 6 nitrogen and oxygen atoms in total. The fourth-order valence-electron chi connectivity index (χ4n) is 4.28. The Bertz CT molecular complexity index is 1450. The van der Waals surface area contributed by atoms with E-state index in [0.29, 0.717) is 16.3 Å². The van der Waals surface area contributed by atoms with Gasteiger partial charge in [-0.25, -0.2) is 0 Å². The van der Waals surface area contributed by atoms with Gasteiger partial charge in [-0.05, 0) is 41.5 Å². The quantitative estimate of drug-likeness (QED) is 0.368. The Kier molecular flexibility index (Phi) is 7.53. The number of carbonyl (C=O) groups excluding carboxylic acids is 2. The van der Waals surface area contributed by atoms with Crippen LogP contribution in [0.5, 0.6) is 0 Å². The molecule has 13 heteroatoms. The first-order chi connectivity index (χ1) is 18.2. The van der Waals surface area contributed by atoms with Gasteiger partial charge in [0.25, 0.3) is 11.5 Å². The van der Waals surface area contributed by atoms with Crippen molar-refractivity contribution in [2.24, 2.45) is 5.16 Å². The lowest BCUT2D eigenvalue weighted by molar-refractivity contribution is -0.275. The number of halogens is 7. The Labute approximate surface area is 222 Å². The summed E-state index contributed by atoms with van der Waals surface area (Å²) >= 11 is 6.03. The molecule has 0 aliphatic carbocycles. The van der Waals surface area contributed by atoms with Crippen LogP contribution in [0, 0.1) is 6.92 Å². The third-order valence-corrected chi connectivity index (χ3v) is 6.29. The second kappa shape index (κ2) is 10.4. The number of hydrogen-bond donors (Lipinski definition) is 2. The second-order valence-corrected chi connectivity index (χ2v) is 9.37. The maximum atomic E-state index is 14.4. The van der Waals surface area contributed by atoms with Crippen LogP contribution in [0.2, 0.25) is 5.02 Å². The molecule has 0 saturated heterocycles. The van der Waals surface area contributed by atoms with Crippen molar-refractivity contribution in [1.82, 2.24) is 10.6 Å². The SMILES string of the molecule is Cc1cc(Cl)cc([C@]2(C(F)(F)F)CC(c3ccc(C(=O)NCC(=O)NCC(F)(F)F)c4ccccc34)=NO2)c1. The summed E-state index contributed by atoms with van der Waals surface area (Å²) < 4.78 is 80.1. The lowest BCUT2D eigenvalue weighted by Crippen LogP contribution is -2.42. The number of fused-ring (bicyclic) bond motifs is 1. The van der Waals surface area contributed by atoms with Crippen molar-refractivity contribution in [3.63, 3.8) is 0 Å². The van der Waals surface area contributed by atoms with E-state index in [2.05, 4.69) is 10.5 Å². The van der Waals surface area contributed by atoms with Gasteiger partial charge >= 0.3 is 12.4 Å². The van der Waals surface area contributed by atoms with Crippen LogP contribution in [0.15, 0.2) is 59.8 Å². The number of rotatable bonds is 6. The number of oxime groups is 1. The molecule has 206 valence electrons. The van der Waals surface area contributed by atoms with Crippen LogP contribution < -0.4 is 10.6 Å². The molecular weight excluding hydrogens is 552 g/mol. The zero-order chi connectivity index (χ0) is 28.6. The summed E-state index contributed by atoms with van der Waals surface area (Å²) in [7, 11) is 0. The first kappa shape index (κ1) is 28.2. The maximum absolute atomic E-state index is 14.4. The average molecular weight is 572 g/mol. The highest BCUT2D eigenvalue weighted by molar-refractivity contribution is 6.30. The van der Waals surface area contributed by atoms with Gasteiger partial charge in [0.1, 0.15) is 6.54 Å². The molecule has 0 saturated carbocycles. The minimum absolute atomic E-state index is 0.0142. The van der Waals surface area contributed by atoms with Gasteiger partial charge in [-0.1, -0.05) is 53.2 Å². The van der Waals surface area contributed by atoms with E-state index in [1.54, 1.807) is 36.5 Å². The highest BCUT2D eigenvalue weighted by atomic mass is 35.5. The Morgan fingerprint density at radius 1 is 1.00 bits per heavy atom. The molecule has 0 radical (unpaired) electrons. The third kappa shape index (κ3) is 5.95. The molecule has 0 aromatic heterocycles. The molecule has 0 fully saturated rings. The summed E-state index contributed by atoms with van der Waals surface area (Å²) in [6, 6.07) is 13.1. The largest absolute Gasteiger partial charge is 0.435 e. The van der Waals surface area contributed by atoms with E-state index in [4.69, 9.17) is 16.4 Å². The van der Waals surface area contributed by atoms with Gasteiger partial charge in [-0.2, -0.15) is 26.3 Å². The van der Waals surface area contributed by atoms with Crippen LogP contribution in [0.3, 0.4) is 0 Å². The molecule has 3 aromatic rings. The van der Waals surface area contributed by atoms with Gasteiger partial charge in [0.2, 0.25) is 5.91 Å². The Morgan fingerprint density at radius 3 is 2.33 bits per heavy atom. The van der Waals surface area contributed by atoms with Crippen molar-refractivity contribution in [1.29, 1.82) is 0 Å². The third-order valence-electron chi connectivity index (χ3n) is 6.07. The van der Waals surface area contributed by atoms with Crippen LogP contribution in [0.1, 0.15) is 33.5 Å². The average Bonchev–Trinajstić information content (AvgIpc) is 3.31. The van der Waals surface area contributed by atoms with Gasteiger partial charge in [0, 0.05) is 28.1 Å². The van der Waals surface area contributed by atoms with Crippen molar-refractivity contribution in [3.8, 4) is 0 Å². The number of nitrogens with one attached hydrogen (secondary N) is 2. The van der Waals surface area contributed by atoms with Gasteiger partial charge in [-0.3, -0.25) is 9.59 Å². The Morgan fingerprint density at radius 2 is 1.69 bits per heavy atom. The zero-order valence-corrected chi connectivity index (χ0v) is 20.9. The van der Waals surface area contributed by atoms with Gasteiger partial charge in [-0.15, -0.1) is 0 Å². The highest BCUT2D eigenvalue weighted by Crippen LogP contribution is 2.49. The summed E-state index contributed by atoms with van der Waals surface area (Å²) in [6.45, 7) is -0.649. The summed E-state index contributed by atoms with van der Waals surface area (Å²) in [6.07, 6.45) is -10.1. The van der Waals surface area contributed by atoms with Gasteiger partial charge in [0.15, 0.2) is 0 Å². The zero-order valence-electron chi connectivity index (χ0n) is 20.1. The molecule has 2 N–H and O–H groups in total. The maximum Gasteiger partial charge on any atom is 0.435 e. The fraction of sp³-hybridized carbons (Fsp3) is 0.269. The Balaban J connectivity index is 1.62. The van der Waals surface area contributed by atoms with Crippen molar-refractivity contribution >= 4 is 39.9 Å². The number of amides is 2. The molecule has 39 heavy (non-hydrogen) atoms. The number of benzene rings is 3. The molecule has 2 amide bonds. The lowest BCUT2D eigenvalue weighted by atomic mass is 9.84. The van der Waals surface area contributed by atoms with Crippen molar-refractivity contribution in [2.45, 2.75) is 31.3 Å². The molecule has 0 bridgehead atoms. The second-order valence-electron chi connectivity index (χ2n) is 8.93. The molecule has 1 aliphatic heterocycles. The van der Waals surface area contributed by atoms with Crippen LogP contribution in [0.25, 0.3) is 10.8 Å². The number of alkyl halides is 6. The van der Waals surface area contributed by atoms with Crippen LogP contribution in [-0.4, -0.2) is 43.0 Å². The predicted molar refractivity (Wildman–Crippen MR) is 132 cm³/mol. The summed E-state index contributed by atoms with van der Waals surface area (Å²) in [5.74, 6) is -1.80. The van der Waals surface area contributed by atoms with E-state index < -0.39 is 49.3 Å². The van der Waals surface area contributed by atoms with Crippen LogP contribution >= 0.6 is 11.6 Å². The van der Waals surface area contributed by atoms with Gasteiger partial charge in [0.05, 0.1) is 12.3 Å². The van der Waals surface area contributed by atoms with Gasteiger partial charge < -0.3 is 15.5 Å². The van der Waals surface area contributed by atoms with E-state index in [1.807, 2.05) is 0 Å². The summed E-state index contributed by atoms with van der Waals surface area (Å²) in [5, 5.41) is 8.51. The molecule has 0 spiro atoms. The first-order valence-electron chi connectivity index (χ1n) is 11.4. The molecule has 3 aromatic carbocycles. The number of carbonyl (C=O) groups is 2. The van der Waals surface area contributed by atoms with Crippen LogP contribution in [-0.2, 0) is 15.2 Å². The minimum Gasteiger partial charge on any atom is -0.374 e. The standard InChI is InChI=1S/C26H20ClF6N3O3/c1-14-8-15(10-16(27)9-14)24(26(31,32)33)11-21(36-39-24)19-6-7-20(18-5-3-2-4-17(18)19)23(38)34-12-22(37)35-13-25(28,29)30/h2-10H,11-13H2,1H3,(H,34,38)(H,35,37)/t24-/m0/s1. The molecule has 4 rings (SSSR count). The smallest absolute Gasteiger partial charge is 0.374 e. The van der Waals surface area contributed by atoms with Crippen molar-refractivity contribution in [2.75, 3.05) is 13.1 Å². The van der Waals surface area contributed by atoms with Crippen molar-refractivity contribution in [3.05, 3.63) is 81.9 Å². The van der Waals surface area contributed by atoms with Crippen molar-refractivity contribution < 1.29 is 40.8 Å². The predicted octanol–water partition coefficient (Wildman–Crippen LogP) is 5.79.